The molecular weight excluding hydrogens is 340 g/mol. The lowest BCUT2D eigenvalue weighted by atomic mass is 10.0. The molecule has 0 saturated carbocycles. The summed E-state index contributed by atoms with van der Waals surface area (Å²) in [6.07, 6.45) is 0.754. The van der Waals surface area contributed by atoms with Crippen molar-refractivity contribution in [3.05, 3.63) is 81.6 Å². The quantitative estimate of drug-likeness (QED) is 0.634. The maximum Gasteiger partial charge on any atom is 0.251 e. The Balaban J connectivity index is 1.48. The molecule has 2 N–H and O–H groups in total. The van der Waals surface area contributed by atoms with Crippen LogP contribution in [0, 0.1) is 6.92 Å². The van der Waals surface area contributed by atoms with Crippen LogP contribution in [0.4, 0.5) is 0 Å². The van der Waals surface area contributed by atoms with E-state index in [1.165, 1.54) is 0 Å². The Kier molecular flexibility index (Phi) is 5.81. The number of para-hydroxylation sites is 1. The lowest BCUT2D eigenvalue weighted by Gasteiger charge is -2.06. The minimum atomic E-state index is -0.187. The number of fused-ring (bicyclic) bond motifs is 1. The number of H-pyrrole nitrogens is 1. The highest BCUT2D eigenvalue weighted by Gasteiger charge is 2.09. The first-order valence-corrected chi connectivity index (χ1v) is 9.00. The van der Waals surface area contributed by atoms with Crippen LogP contribution in [-0.4, -0.2) is 23.2 Å². The summed E-state index contributed by atoms with van der Waals surface area (Å²) in [5.41, 5.74) is 3.00. The Labute approximate surface area is 157 Å². The molecular formula is C22H22N2O3. The molecule has 1 amide bonds. The van der Waals surface area contributed by atoms with Crippen molar-refractivity contribution in [2.75, 3.05) is 6.54 Å². The van der Waals surface area contributed by atoms with Crippen LogP contribution in [0.2, 0.25) is 0 Å². The van der Waals surface area contributed by atoms with Gasteiger partial charge in [-0.05, 0) is 30.9 Å². The van der Waals surface area contributed by atoms with Crippen LogP contribution >= 0.6 is 0 Å². The van der Waals surface area contributed by atoms with E-state index >= 15 is 0 Å². The summed E-state index contributed by atoms with van der Waals surface area (Å²) in [5.74, 6) is -0.233. The number of benzene rings is 2. The lowest BCUT2D eigenvalue weighted by Crippen LogP contribution is -2.27. The second-order valence-corrected chi connectivity index (χ2v) is 6.60. The van der Waals surface area contributed by atoms with E-state index in [2.05, 4.69) is 10.3 Å². The third kappa shape index (κ3) is 4.91. The fourth-order valence-corrected chi connectivity index (χ4v) is 2.91. The van der Waals surface area contributed by atoms with Crippen molar-refractivity contribution in [1.29, 1.82) is 0 Å². The molecule has 0 aliphatic rings. The van der Waals surface area contributed by atoms with E-state index in [1.807, 2.05) is 49.4 Å². The van der Waals surface area contributed by atoms with Crippen LogP contribution < -0.4 is 10.9 Å². The molecule has 0 radical (unpaired) electrons. The van der Waals surface area contributed by atoms with E-state index in [9.17, 15) is 14.4 Å². The number of hydrogen-bond donors (Lipinski definition) is 2. The first-order valence-electron chi connectivity index (χ1n) is 9.00. The van der Waals surface area contributed by atoms with E-state index in [4.69, 9.17) is 0 Å². The topological polar surface area (TPSA) is 79.0 Å². The predicted molar refractivity (Wildman–Crippen MR) is 106 cm³/mol. The lowest BCUT2D eigenvalue weighted by molar-refractivity contribution is -0.121. The second-order valence-electron chi connectivity index (χ2n) is 6.60. The van der Waals surface area contributed by atoms with Gasteiger partial charge in [0, 0.05) is 36.0 Å². The zero-order valence-corrected chi connectivity index (χ0v) is 15.2. The van der Waals surface area contributed by atoms with Gasteiger partial charge in [0.05, 0.1) is 0 Å². The Morgan fingerprint density at radius 2 is 1.74 bits per heavy atom. The van der Waals surface area contributed by atoms with Crippen LogP contribution in [0.25, 0.3) is 10.9 Å². The molecule has 1 aromatic heterocycles. The van der Waals surface area contributed by atoms with Crippen molar-refractivity contribution in [3.63, 3.8) is 0 Å². The standard InChI is InChI=1S/C22H22N2O3/c1-15-6-8-16(9-7-15)20(25)10-11-21(26)23-13-12-18-14-17-4-2-3-5-19(17)24-22(18)27/h2-9,14H,10-13H2,1H3,(H,23,26)(H,24,27). The van der Waals surface area contributed by atoms with Crippen molar-refractivity contribution in [2.45, 2.75) is 26.2 Å². The normalized spacial score (nSPS) is 10.7. The molecule has 0 aliphatic carbocycles. The third-order valence-corrected chi connectivity index (χ3v) is 4.50. The van der Waals surface area contributed by atoms with Crippen molar-refractivity contribution in [3.8, 4) is 0 Å². The molecule has 0 fully saturated rings. The van der Waals surface area contributed by atoms with Gasteiger partial charge in [-0.15, -0.1) is 0 Å². The Morgan fingerprint density at radius 1 is 1.00 bits per heavy atom. The molecule has 0 unspecified atom stereocenters. The maximum absolute atomic E-state index is 12.1. The van der Waals surface area contributed by atoms with Gasteiger partial charge in [-0.2, -0.15) is 0 Å². The summed E-state index contributed by atoms with van der Waals surface area (Å²) < 4.78 is 0. The van der Waals surface area contributed by atoms with E-state index in [1.54, 1.807) is 12.1 Å². The van der Waals surface area contributed by atoms with Crippen LogP contribution in [-0.2, 0) is 11.2 Å². The monoisotopic (exact) mass is 362 g/mol. The second kappa shape index (κ2) is 8.45. The number of Topliss-reactive ketones (excluding diaryl/α,β-unsaturated/α-hetero) is 1. The molecule has 0 atom stereocenters. The van der Waals surface area contributed by atoms with Crippen molar-refractivity contribution < 1.29 is 9.59 Å². The van der Waals surface area contributed by atoms with Crippen LogP contribution in [0.3, 0.4) is 0 Å². The number of aromatic amines is 1. The fraction of sp³-hybridized carbons (Fsp3) is 0.227. The molecule has 2 aromatic carbocycles. The van der Waals surface area contributed by atoms with Gasteiger partial charge in [-0.3, -0.25) is 14.4 Å². The van der Waals surface area contributed by atoms with Gasteiger partial charge in [-0.1, -0.05) is 48.0 Å². The number of carbonyl (C=O) groups excluding carboxylic acids is 2. The summed E-state index contributed by atoms with van der Waals surface area (Å²) in [6, 6.07) is 16.7. The van der Waals surface area contributed by atoms with Crippen LogP contribution in [0.15, 0.2) is 59.4 Å². The molecule has 0 aliphatic heterocycles. The first kappa shape index (κ1) is 18.6. The summed E-state index contributed by atoms with van der Waals surface area (Å²) >= 11 is 0. The van der Waals surface area contributed by atoms with Gasteiger partial charge in [0.25, 0.3) is 5.56 Å². The Bertz CT molecular complexity index is 1020. The zero-order chi connectivity index (χ0) is 19.2. The molecule has 3 aromatic rings. The van der Waals surface area contributed by atoms with Crippen molar-refractivity contribution >= 4 is 22.6 Å². The van der Waals surface area contributed by atoms with E-state index in [0.717, 1.165) is 16.5 Å². The van der Waals surface area contributed by atoms with Gasteiger partial charge in [0.2, 0.25) is 5.91 Å². The SMILES string of the molecule is Cc1ccc(C(=O)CCC(=O)NCCc2cc3ccccc3[nH]c2=O)cc1. The average molecular weight is 362 g/mol. The summed E-state index contributed by atoms with van der Waals surface area (Å²) in [4.78, 5) is 39.0. The number of rotatable bonds is 7. The number of carbonyl (C=O) groups is 2. The molecule has 5 heteroatoms. The Hall–Kier alpha value is -3.21. The number of aryl methyl sites for hydroxylation is 1. The highest BCUT2D eigenvalue weighted by molar-refractivity contribution is 5.97. The highest BCUT2D eigenvalue weighted by Crippen LogP contribution is 2.10. The summed E-state index contributed by atoms with van der Waals surface area (Å²) in [7, 11) is 0. The van der Waals surface area contributed by atoms with Crippen molar-refractivity contribution in [2.24, 2.45) is 0 Å². The molecule has 0 spiro atoms. The molecule has 27 heavy (non-hydrogen) atoms. The highest BCUT2D eigenvalue weighted by atomic mass is 16.2. The number of pyridine rings is 1. The third-order valence-electron chi connectivity index (χ3n) is 4.50. The Morgan fingerprint density at radius 3 is 2.52 bits per heavy atom. The van der Waals surface area contributed by atoms with E-state index < -0.39 is 0 Å². The van der Waals surface area contributed by atoms with Gasteiger partial charge in [-0.25, -0.2) is 0 Å². The van der Waals surface area contributed by atoms with Gasteiger partial charge >= 0.3 is 0 Å². The van der Waals surface area contributed by atoms with Gasteiger partial charge in [0.1, 0.15) is 0 Å². The van der Waals surface area contributed by atoms with Crippen molar-refractivity contribution in [1.82, 2.24) is 10.3 Å². The van der Waals surface area contributed by atoms with Gasteiger partial charge in [0.15, 0.2) is 5.78 Å². The minimum absolute atomic E-state index is 0.0453. The molecule has 0 bridgehead atoms. The molecule has 0 saturated heterocycles. The van der Waals surface area contributed by atoms with Crippen LogP contribution in [0.5, 0.6) is 0 Å². The molecule has 5 nitrogen and oxygen atoms in total. The number of ketones is 1. The molecule has 138 valence electrons. The summed E-state index contributed by atoms with van der Waals surface area (Å²) in [6.45, 7) is 2.32. The minimum Gasteiger partial charge on any atom is -0.356 e. The molecule has 1 heterocycles. The number of nitrogens with one attached hydrogen (secondary N) is 2. The van der Waals surface area contributed by atoms with E-state index in [0.29, 0.717) is 24.1 Å². The number of amides is 1. The van der Waals surface area contributed by atoms with E-state index in [-0.39, 0.29) is 30.1 Å². The number of aromatic nitrogens is 1. The fourth-order valence-electron chi connectivity index (χ4n) is 2.91. The smallest absolute Gasteiger partial charge is 0.251 e. The largest absolute Gasteiger partial charge is 0.356 e. The van der Waals surface area contributed by atoms with Crippen LogP contribution in [0.1, 0.15) is 34.3 Å². The average Bonchev–Trinajstić information content (AvgIpc) is 2.67. The maximum atomic E-state index is 12.1. The molecule has 3 rings (SSSR count). The zero-order valence-electron chi connectivity index (χ0n) is 15.2. The van der Waals surface area contributed by atoms with Gasteiger partial charge < -0.3 is 10.3 Å². The predicted octanol–water partition coefficient (Wildman–Crippen LogP) is 3.16. The number of hydrogen-bond acceptors (Lipinski definition) is 3. The summed E-state index contributed by atoms with van der Waals surface area (Å²) in [5, 5.41) is 3.74. The first-order chi connectivity index (χ1) is 13.0.